The van der Waals surface area contributed by atoms with Gasteiger partial charge in [0, 0.05) is 38.4 Å². The van der Waals surface area contributed by atoms with Crippen LogP contribution in [0.1, 0.15) is 49.5 Å². The van der Waals surface area contributed by atoms with Gasteiger partial charge in [0.2, 0.25) is 0 Å². The smallest absolute Gasteiger partial charge is 0.407 e. The number of benzene rings is 3. The van der Waals surface area contributed by atoms with Gasteiger partial charge in [-0.25, -0.2) is 14.0 Å². The number of carboxylic acid groups (broad SMARTS) is 1. The maximum absolute atomic E-state index is 15.2. The number of hydrogen-bond donors (Lipinski definition) is 2. The summed E-state index contributed by atoms with van der Waals surface area (Å²) in [6.07, 6.45) is -1.47. The number of methoxy groups -OCH3 is 4. The molecule has 49 heavy (non-hydrogen) atoms. The Balaban J connectivity index is 1.53. The molecule has 3 aromatic carbocycles. The highest BCUT2D eigenvalue weighted by atomic mass is 19.1. The van der Waals surface area contributed by atoms with E-state index in [4.69, 9.17) is 33.2 Å². The number of nitrogens with zero attached hydrogens (tertiary/aromatic N) is 1. The van der Waals surface area contributed by atoms with Crippen molar-refractivity contribution >= 4 is 23.8 Å². The summed E-state index contributed by atoms with van der Waals surface area (Å²) in [5.41, 5.74) is -0.0566. The van der Waals surface area contributed by atoms with E-state index < -0.39 is 41.7 Å². The minimum Gasteiger partial charge on any atom is -0.494 e. The van der Waals surface area contributed by atoms with E-state index >= 15 is 4.39 Å². The highest BCUT2D eigenvalue weighted by Gasteiger charge is 2.34. The molecule has 1 saturated heterocycles. The van der Waals surface area contributed by atoms with Crippen molar-refractivity contribution in [2.75, 3.05) is 55.1 Å². The number of ether oxygens (including phenoxy) is 7. The Hall–Kier alpha value is -5.41. The van der Waals surface area contributed by atoms with Crippen LogP contribution in [0.5, 0.6) is 23.0 Å². The minimum atomic E-state index is -1.18. The van der Waals surface area contributed by atoms with Crippen LogP contribution < -0.4 is 24.3 Å². The Morgan fingerprint density at radius 1 is 0.816 bits per heavy atom. The first-order chi connectivity index (χ1) is 23.6. The summed E-state index contributed by atoms with van der Waals surface area (Å²) in [5.74, 6) is -2.57. The number of amides is 2. The number of esters is 1. The Morgan fingerprint density at radius 2 is 1.41 bits per heavy atom. The molecule has 0 unspecified atom stereocenters. The number of likely N-dealkylation sites (tertiary alicyclic amines) is 1. The van der Waals surface area contributed by atoms with E-state index in [9.17, 15) is 24.3 Å². The molecule has 1 fully saturated rings. The molecule has 14 nitrogen and oxygen atoms in total. The second kappa shape index (κ2) is 17.1. The molecule has 0 aliphatic carbocycles. The van der Waals surface area contributed by atoms with E-state index in [0.717, 1.165) is 4.90 Å². The largest absolute Gasteiger partial charge is 0.494 e. The second-order valence-corrected chi connectivity index (χ2v) is 10.7. The Labute approximate surface area is 281 Å². The van der Waals surface area contributed by atoms with E-state index in [0.29, 0.717) is 12.2 Å². The third kappa shape index (κ3) is 8.94. The van der Waals surface area contributed by atoms with Crippen LogP contribution in [0, 0.1) is 5.82 Å². The molecule has 262 valence electrons. The first-order valence-corrected chi connectivity index (χ1v) is 15.0. The van der Waals surface area contributed by atoms with Crippen molar-refractivity contribution in [2.24, 2.45) is 0 Å². The van der Waals surface area contributed by atoms with Crippen LogP contribution in [0.2, 0.25) is 0 Å². The highest BCUT2D eigenvalue weighted by molar-refractivity contribution is 6.11. The molecule has 4 rings (SSSR count). The van der Waals surface area contributed by atoms with Crippen molar-refractivity contribution in [1.82, 2.24) is 10.2 Å². The predicted molar refractivity (Wildman–Crippen MR) is 170 cm³/mol. The van der Waals surface area contributed by atoms with Crippen molar-refractivity contribution in [3.05, 3.63) is 82.7 Å². The van der Waals surface area contributed by atoms with Gasteiger partial charge in [0.05, 0.1) is 25.8 Å². The maximum Gasteiger partial charge on any atom is 0.407 e. The standard InChI is InChI=1S/C34H37FN2O12/c1-43-18-47-25-12-11-22(16-28(25)46-4)32(39)36-23-17-37(34(41)42)15-5-6-24(23)49-33(40)21-9-7-20(8-10-21)31(38)29-26(48-19-44-2)13-14-27(45-3)30(29)35/h7-14,16,23-24H,5-6,15,17-19H2,1-4H3,(H,36,39)(H,41,42)/t23-,24-/m1/s1. The quantitative estimate of drug-likeness (QED) is 0.142. The van der Waals surface area contributed by atoms with Gasteiger partial charge in [-0.3, -0.25) is 9.59 Å². The van der Waals surface area contributed by atoms with Crippen LogP contribution in [0.4, 0.5) is 9.18 Å². The van der Waals surface area contributed by atoms with Crippen LogP contribution >= 0.6 is 0 Å². The van der Waals surface area contributed by atoms with Crippen LogP contribution in [0.3, 0.4) is 0 Å². The zero-order valence-corrected chi connectivity index (χ0v) is 27.4. The maximum atomic E-state index is 15.2. The third-order valence-corrected chi connectivity index (χ3v) is 7.62. The number of carbonyl (C=O) groups excluding carboxylic acids is 3. The predicted octanol–water partition coefficient (Wildman–Crippen LogP) is 4.14. The van der Waals surface area contributed by atoms with Gasteiger partial charge >= 0.3 is 12.1 Å². The van der Waals surface area contributed by atoms with Crippen molar-refractivity contribution in [2.45, 2.75) is 25.0 Å². The molecule has 2 atom stereocenters. The van der Waals surface area contributed by atoms with Gasteiger partial charge in [-0.1, -0.05) is 12.1 Å². The van der Waals surface area contributed by atoms with Gasteiger partial charge in [0.25, 0.3) is 5.91 Å². The lowest BCUT2D eigenvalue weighted by atomic mass is 10.00. The molecule has 1 heterocycles. The number of carbonyl (C=O) groups is 4. The number of halogens is 1. The molecular formula is C34H37FN2O12. The third-order valence-electron chi connectivity index (χ3n) is 7.62. The van der Waals surface area contributed by atoms with Gasteiger partial charge in [0.15, 0.2) is 42.4 Å². The van der Waals surface area contributed by atoms with E-state index in [-0.39, 0.29) is 72.6 Å². The molecule has 0 bridgehead atoms. The molecule has 2 amide bonds. The van der Waals surface area contributed by atoms with Gasteiger partial charge in [-0.15, -0.1) is 0 Å². The summed E-state index contributed by atoms with van der Waals surface area (Å²) in [4.78, 5) is 53.0. The zero-order valence-electron chi connectivity index (χ0n) is 27.4. The monoisotopic (exact) mass is 684 g/mol. The summed E-state index contributed by atoms with van der Waals surface area (Å²) in [6.45, 7) is -0.234. The average molecular weight is 685 g/mol. The fourth-order valence-corrected chi connectivity index (χ4v) is 5.15. The van der Waals surface area contributed by atoms with Gasteiger partial charge < -0.3 is 48.5 Å². The number of nitrogens with one attached hydrogen (secondary N) is 1. The topological polar surface area (TPSA) is 168 Å². The lowest BCUT2D eigenvalue weighted by molar-refractivity contribution is 0.0179. The first-order valence-electron chi connectivity index (χ1n) is 15.0. The van der Waals surface area contributed by atoms with E-state index in [1.54, 1.807) is 0 Å². The molecule has 15 heteroatoms. The van der Waals surface area contributed by atoms with Gasteiger partial charge in [-0.2, -0.15) is 0 Å². The first kappa shape index (κ1) is 36.4. The Bertz CT molecular complexity index is 1650. The van der Waals surface area contributed by atoms with Crippen LogP contribution in [0.15, 0.2) is 54.6 Å². The number of rotatable bonds is 14. The molecule has 0 radical (unpaired) electrons. The Kier molecular flexibility index (Phi) is 12.7. The lowest BCUT2D eigenvalue weighted by Gasteiger charge is -2.28. The van der Waals surface area contributed by atoms with Gasteiger partial charge in [0.1, 0.15) is 17.4 Å². The van der Waals surface area contributed by atoms with E-state index in [1.165, 1.54) is 83.0 Å². The minimum absolute atomic E-state index is 0.0351. The van der Waals surface area contributed by atoms with Gasteiger partial charge in [-0.05, 0) is 55.3 Å². The molecule has 1 aliphatic rings. The fraction of sp³-hybridized carbons (Fsp3) is 0.353. The molecule has 0 spiro atoms. The van der Waals surface area contributed by atoms with E-state index in [2.05, 4.69) is 5.32 Å². The van der Waals surface area contributed by atoms with Crippen LogP contribution in [0.25, 0.3) is 0 Å². The highest BCUT2D eigenvalue weighted by Crippen LogP contribution is 2.32. The Morgan fingerprint density at radius 3 is 2.04 bits per heavy atom. The fourth-order valence-electron chi connectivity index (χ4n) is 5.15. The van der Waals surface area contributed by atoms with E-state index in [1.807, 2.05) is 0 Å². The molecule has 3 aromatic rings. The second-order valence-electron chi connectivity index (χ2n) is 10.7. The summed E-state index contributed by atoms with van der Waals surface area (Å²) < 4.78 is 52.0. The van der Waals surface area contributed by atoms with Crippen molar-refractivity contribution in [1.29, 1.82) is 0 Å². The number of ketones is 1. The summed E-state index contributed by atoms with van der Waals surface area (Å²) in [5, 5.41) is 12.5. The normalized spacial score (nSPS) is 15.8. The summed E-state index contributed by atoms with van der Waals surface area (Å²) in [6, 6.07) is 11.7. The summed E-state index contributed by atoms with van der Waals surface area (Å²) >= 11 is 0. The van der Waals surface area contributed by atoms with Crippen molar-refractivity contribution in [3.8, 4) is 23.0 Å². The SMILES string of the molecule is COCOc1ccc(C(=O)N[C@@H]2CN(C(=O)O)CCC[C@H]2OC(=O)c2ccc(C(=O)c3c(OCOC)ccc(OC)c3F)cc2)cc1OC. The molecule has 2 N–H and O–H groups in total. The summed E-state index contributed by atoms with van der Waals surface area (Å²) in [7, 11) is 5.52. The van der Waals surface area contributed by atoms with Crippen molar-refractivity contribution in [3.63, 3.8) is 0 Å². The van der Waals surface area contributed by atoms with Crippen LogP contribution in [-0.2, 0) is 14.2 Å². The van der Waals surface area contributed by atoms with Crippen molar-refractivity contribution < 1.29 is 61.8 Å². The zero-order chi connectivity index (χ0) is 35.5. The number of hydrogen-bond acceptors (Lipinski definition) is 11. The molecular weight excluding hydrogens is 647 g/mol. The lowest BCUT2D eigenvalue weighted by Crippen LogP contribution is -2.51. The molecule has 0 saturated carbocycles. The average Bonchev–Trinajstić information content (AvgIpc) is 3.31. The molecule has 1 aliphatic heterocycles. The van der Waals surface area contributed by atoms with Crippen LogP contribution in [-0.4, -0.2) is 101 Å². The molecule has 0 aromatic heterocycles.